The van der Waals surface area contributed by atoms with Crippen molar-refractivity contribution >= 4 is 18.1 Å². The molecule has 0 fully saturated rings. The molecule has 0 aromatic heterocycles. The summed E-state index contributed by atoms with van der Waals surface area (Å²) in [4.78, 5) is 33.5. The SMILES string of the molecule is O=CCCOCCOCCOCCN1C(=O)C=CC1=O. The second-order valence-corrected chi connectivity index (χ2v) is 3.95. The van der Waals surface area contributed by atoms with Crippen molar-refractivity contribution in [3.05, 3.63) is 12.2 Å². The molecule has 0 unspecified atom stereocenters. The predicted molar refractivity (Wildman–Crippen MR) is 69.0 cm³/mol. The molecule has 0 atom stereocenters. The monoisotopic (exact) mass is 285 g/mol. The Morgan fingerprint density at radius 2 is 1.35 bits per heavy atom. The number of hydrogen-bond donors (Lipinski definition) is 0. The highest BCUT2D eigenvalue weighted by Crippen LogP contribution is 2.02. The molecule has 7 nitrogen and oxygen atoms in total. The number of amides is 2. The maximum atomic E-state index is 11.2. The van der Waals surface area contributed by atoms with Crippen molar-refractivity contribution in [2.24, 2.45) is 0 Å². The molecule has 0 aliphatic carbocycles. The zero-order valence-corrected chi connectivity index (χ0v) is 11.3. The Labute approximate surface area is 117 Å². The number of ether oxygens (including phenoxy) is 3. The Bertz CT molecular complexity index is 337. The molecule has 20 heavy (non-hydrogen) atoms. The number of aldehydes is 1. The van der Waals surface area contributed by atoms with Crippen LogP contribution in [0.3, 0.4) is 0 Å². The van der Waals surface area contributed by atoms with Gasteiger partial charge in [0.25, 0.3) is 11.8 Å². The molecule has 7 heteroatoms. The van der Waals surface area contributed by atoms with Gasteiger partial charge in [-0.05, 0) is 0 Å². The van der Waals surface area contributed by atoms with E-state index in [0.717, 1.165) is 11.2 Å². The largest absolute Gasteiger partial charge is 0.379 e. The van der Waals surface area contributed by atoms with Gasteiger partial charge in [-0.1, -0.05) is 0 Å². The highest BCUT2D eigenvalue weighted by molar-refractivity contribution is 6.12. The van der Waals surface area contributed by atoms with Crippen LogP contribution in [0.4, 0.5) is 0 Å². The average molecular weight is 285 g/mol. The molecule has 112 valence electrons. The van der Waals surface area contributed by atoms with E-state index in [9.17, 15) is 14.4 Å². The van der Waals surface area contributed by atoms with E-state index in [2.05, 4.69) is 0 Å². The van der Waals surface area contributed by atoms with Crippen LogP contribution in [0.25, 0.3) is 0 Å². The molecule has 1 aliphatic rings. The Morgan fingerprint density at radius 3 is 1.90 bits per heavy atom. The Kier molecular flexibility index (Phi) is 8.44. The molecule has 1 rings (SSSR count). The molecule has 1 aliphatic heterocycles. The fraction of sp³-hybridized carbons (Fsp3) is 0.615. The quantitative estimate of drug-likeness (QED) is 0.274. The average Bonchev–Trinajstić information content (AvgIpc) is 2.76. The van der Waals surface area contributed by atoms with E-state index >= 15 is 0 Å². The summed E-state index contributed by atoms with van der Waals surface area (Å²) in [5.74, 6) is -0.607. The van der Waals surface area contributed by atoms with Crippen molar-refractivity contribution in [2.75, 3.05) is 46.2 Å². The maximum absolute atomic E-state index is 11.2. The zero-order chi connectivity index (χ0) is 14.6. The van der Waals surface area contributed by atoms with Gasteiger partial charge in [0.2, 0.25) is 0 Å². The van der Waals surface area contributed by atoms with Crippen LogP contribution in [0.15, 0.2) is 12.2 Å². The summed E-state index contributed by atoms with van der Waals surface area (Å²) in [7, 11) is 0. The van der Waals surface area contributed by atoms with E-state index in [1.165, 1.54) is 12.2 Å². The minimum atomic E-state index is -0.303. The summed E-state index contributed by atoms with van der Waals surface area (Å²) < 4.78 is 15.6. The first-order chi connectivity index (χ1) is 9.75. The molecule has 2 amide bonds. The molecular weight excluding hydrogens is 266 g/mol. The topological polar surface area (TPSA) is 82.1 Å². The van der Waals surface area contributed by atoms with Crippen LogP contribution < -0.4 is 0 Å². The van der Waals surface area contributed by atoms with Gasteiger partial charge in [-0.25, -0.2) is 0 Å². The van der Waals surface area contributed by atoms with Gasteiger partial charge in [-0.2, -0.15) is 0 Å². The Morgan fingerprint density at radius 1 is 0.850 bits per heavy atom. The van der Waals surface area contributed by atoms with Gasteiger partial charge in [0.15, 0.2) is 0 Å². The van der Waals surface area contributed by atoms with Crippen LogP contribution in [-0.4, -0.2) is 69.2 Å². The summed E-state index contributed by atoms with van der Waals surface area (Å²) >= 11 is 0. The van der Waals surface area contributed by atoms with Gasteiger partial charge in [0.1, 0.15) is 6.29 Å². The van der Waals surface area contributed by atoms with E-state index in [4.69, 9.17) is 14.2 Å². The Balaban J connectivity index is 1.84. The first-order valence-electron chi connectivity index (χ1n) is 6.46. The summed E-state index contributed by atoms with van der Waals surface area (Å²) in [5.41, 5.74) is 0. The van der Waals surface area contributed by atoms with Gasteiger partial charge < -0.3 is 19.0 Å². The van der Waals surface area contributed by atoms with Crippen LogP contribution in [0, 0.1) is 0 Å². The van der Waals surface area contributed by atoms with Crippen molar-refractivity contribution in [1.82, 2.24) is 4.90 Å². The molecule has 0 aromatic carbocycles. The van der Waals surface area contributed by atoms with Gasteiger partial charge >= 0.3 is 0 Å². The molecule has 0 spiro atoms. The molecule has 1 heterocycles. The molecule has 0 bridgehead atoms. The van der Waals surface area contributed by atoms with Crippen LogP contribution in [-0.2, 0) is 28.6 Å². The minimum Gasteiger partial charge on any atom is -0.379 e. The number of imide groups is 1. The predicted octanol–water partition coefficient (Wildman–Crippen LogP) is -0.450. The number of carbonyl (C=O) groups is 3. The molecular formula is C13H19NO6. The fourth-order valence-electron chi connectivity index (χ4n) is 1.48. The molecule has 0 saturated carbocycles. The van der Waals surface area contributed by atoms with Crippen LogP contribution >= 0.6 is 0 Å². The minimum absolute atomic E-state index is 0.249. The van der Waals surface area contributed by atoms with E-state index < -0.39 is 0 Å². The lowest BCUT2D eigenvalue weighted by Gasteiger charge is -2.13. The molecule has 0 aromatic rings. The maximum Gasteiger partial charge on any atom is 0.253 e. The van der Waals surface area contributed by atoms with Gasteiger partial charge in [0.05, 0.1) is 46.2 Å². The van der Waals surface area contributed by atoms with Crippen molar-refractivity contribution in [2.45, 2.75) is 6.42 Å². The van der Waals surface area contributed by atoms with Crippen LogP contribution in [0.1, 0.15) is 6.42 Å². The molecule has 0 radical (unpaired) electrons. The summed E-state index contributed by atoms with van der Waals surface area (Å²) in [5, 5.41) is 0. The number of carbonyl (C=O) groups excluding carboxylic acids is 3. The van der Waals surface area contributed by atoms with Crippen molar-refractivity contribution in [1.29, 1.82) is 0 Å². The van der Waals surface area contributed by atoms with E-state index in [1.807, 2.05) is 0 Å². The molecule has 0 saturated heterocycles. The van der Waals surface area contributed by atoms with Crippen LogP contribution in [0.2, 0.25) is 0 Å². The number of nitrogens with zero attached hydrogens (tertiary/aromatic N) is 1. The highest BCUT2D eigenvalue weighted by Gasteiger charge is 2.22. The van der Waals surface area contributed by atoms with E-state index in [0.29, 0.717) is 46.1 Å². The smallest absolute Gasteiger partial charge is 0.253 e. The first-order valence-corrected chi connectivity index (χ1v) is 6.46. The van der Waals surface area contributed by atoms with Crippen molar-refractivity contribution in [3.63, 3.8) is 0 Å². The van der Waals surface area contributed by atoms with E-state index in [-0.39, 0.29) is 18.4 Å². The highest BCUT2D eigenvalue weighted by atomic mass is 16.5. The van der Waals surface area contributed by atoms with Crippen molar-refractivity contribution < 1.29 is 28.6 Å². The van der Waals surface area contributed by atoms with Gasteiger partial charge in [-0.15, -0.1) is 0 Å². The summed E-state index contributed by atoms with van der Waals surface area (Å²) in [6, 6.07) is 0. The lowest BCUT2D eigenvalue weighted by Crippen LogP contribution is -2.33. The summed E-state index contributed by atoms with van der Waals surface area (Å²) in [6.45, 7) is 2.63. The Hall–Kier alpha value is -1.57. The lowest BCUT2D eigenvalue weighted by atomic mass is 10.5. The first kappa shape index (κ1) is 16.5. The van der Waals surface area contributed by atoms with Crippen LogP contribution in [0.5, 0.6) is 0 Å². The fourth-order valence-corrected chi connectivity index (χ4v) is 1.48. The normalized spacial score (nSPS) is 14.3. The second kappa shape index (κ2) is 10.2. The number of hydrogen-bond acceptors (Lipinski definition) is 6. The molecule has 0 N–H and O–H groups in total. The van der Waals surface area contributed by atoms with Gasteiger partial charge in [0, 0.05) is 18.6 Å². The third-order valence-electron chi connectivity index (χ3n) is 2.48. The summed E-state index contributed by atoms with van der Waals surface area (Å²) in [6.07, 6.45) is 3.69. The standard InChI is InChI=1S/C13H19NO6/c15-5-1-6-18-8-10-20-11-9-19-7-4-14-12(16)2-3-13(14)17/h2-3,5H,1,4,6-11H2. The third-order valence-corrected chi connectivity index (χ3v) is 2.48. The van der Waals surface area contributed by atoms with Gasteiger partial charge in [-0.3, -0.25) is 14.5 Å². The second-order valence-electron chi connectivity index (χ2n) is 3.95. The third kappa shape index (κ3) is 6.55. The zero-order valence-electron chi connectivity index (χ0n) is 11.3. The lowest BCUT2D eigenvalue weighted by molar-refractivity contribution is -0.137. The number of rotatable bonds is 12. The van der Waals surface area contributed by atoms with Crippen molar-refractivity contribution in [3.8, 4) is 0 Å². The van der Waals surface area contributed by atoms with E-state index in [1.54, 1.807) is 0 Å².